The number of likely N-dealkylation sites (tertiary alicyclic amines) is 1. The first-order valence-corrected chi connectivity index (χ1v) is 7.84. The van der Waals surface area contributed by atoms with E-state index in [1.807, 2.05) is 6.07 Å². The summed E-state index contributed by atoms with van der Waals surface area (Å²) in [6, 6.07) is 7.66. The summed E-state index contributed by atoms with van der Waals surface area (Å²) in [6.45, 7) is 3.36. The summed E-state index contributed by atoms with van der Waals surface area (Å²) in [4.78, 5) is 2.57. The Labute approximate surface area is 135 Å². The number of benzene rings is 1. The van der Waals surface area contributed by atoms with Crippen LogP contribution in [-0.2, 0) is 6.54 Å². The summed E-state index contributed by atoms with van der Waals surface area (Å²) in [5.74, 6) is 0.938. The fraction of sp³-hybridized carbons (Fsp3) is 0.600. The lowest BCUT2D eigenvalue weighted by Gasteiger charge is -2.24. The van der Waals surface area contributed by atoms with Crippen LogP contribution in [0.1, 0.15) is 24.8 Å². The quantitative estimate of drug-likeness (QED) is 0.895. The van der Waals surface area contributed by atoms with E-state index in [1.54, 1.807) is 7.11 Å². The summed E-state index contributed by atoms with van der Waals surface area (Å²) in [5.41, 5.74) is 1.32. The molecular weight excluding hydrogens is 340 g/mol. The third-order valence-electron chi connectivity index (χ3n) is 4.25. The number of nitrogens with one attached hydrogen (secondary N) is 1. The van der Waals surface area contributed by atoms with Crippen molar-refractivity contribution in [1.82, 2.24) is 10.2 Å². The second kappa shape index (κ2) is 7.12. The predicted octanol–water partition coefficient (Wildman–Crippen LogP) is 3.21. The highest BCUT2D eigenvalue weighted by atomic mass is 79.9. The maximum absolute atomic E-state index is 5.32. The topological polar surface area (TPSA) is 24.5 Å². The van der Waals surface area contributed by atoms with Gasteiger partial charge in [0, 0.05) is 36.2 Å². The molecule has 0 amide bonds. The molecule has 0 aliphatic carbocycles. The molecule has 2 fully saturated rings. The van der Waals surface area contributed by atoms with E-state index in [-0.39, 0.29) is 12.4 Å². The Hall–Kier alpha value is -0.290. The molecule has 3 nitrogen and oxygen atoms in total. The van der Waals surface area contributed by atoms with Crippen LogP contribution in [-0.4, -0.2) is 37.2 Å². The van der Waals surface area contributed by atoms with E-state index in [0.29, 0.717) is 6.04 Å². The molecule has 2 atom stereocenters. The number of rotatable bonds is 3. The Bertz CT molecular complexity index is 457. The number of ether oxygens (including phenoxy) is 1. The average molecular weight is 362 g/mol. The molecule has 1 aromatic rings. The van der Waals surface area contributed by atoms with Crippen molar-refractivity contribution < 1.29 is 4.74 Å². The van der Waals surface area contributed by atoms with Crippen molar-refractivity contribution >= 4 is 28.3 Å². The van der Waals surface area contributed by atoms with E-state index in [1.165, 1.54) is 42.4 Å². The molecule has 3 rings (SSSR count). The Morgan fingerprint density at radius 2 is 2.10 bits per heavy atom. The van der Waals surface area contributed by atoms with E-state index in [4.69, 9.17) is 4.74 Å². The zero-order valence-corrected chi connectivity index (χ0v) is 14.2. The highest BCUT2D eigenvalue weighted by Crippen LogP contribution is 2.26. The van der Waals surface area contributed by atoms with Crippen LogP contribution >= 0.6 is 28.3 Å². The van der Waals surface area contributed by atoms with Gasteiger partial charge in [-0.1, -0.05) is 15.9 Å². The zero-order valence-electron chi connectivity index (χ0n) is 11.8. The van der Waals surface area contributed by atoms with Gasteiger partial charge in [0.25, 0.3) is 0 Å². The van der Waals surface area contributed by atoms with Crippen molar-refractivity contribution in [3.05, 3.63) is 28.2 Å². The zero-order chi connectivity index (χ0) is 13.2. The SMILES string of the molecule is COc1ccc(Br)c(CN2CCC3CCC(C2)N3)c1.Cl. The summed E-state index contributed by atoms with van der Waals surface area (Å²) < 4.78 is 6.50. The van der Waals surface area contributed by atoms with Gasteiger partial charge in [-0.15, -0.1) is 12.4 Å². The van der Waals surface area contributed by atoms with Crippen molar-refractivity contribution in [1.29, 1.82) is 0 Å². The van der Waals surface area contributed by atoms with Crippen LogP contribution in [0.5, 0.6) is 5.75 Å². The van der Waals surface area contributed by atoms with Crippen molar-refractivity contribution in [3.63, 3.8) is 0 Å². The minimum absolute atomic E-state index is 0. The highest BCUT2D eigenvalue weighted by molar-refractivity contribution is 9.10. The van der Waals surface area contributed by atoms with Crippen LogP contribution in [0, 0.1) is 0 Å². The summed E-state index contributed by atoms with van der Waals surface area (Å²) in [5, 5.41) is 3.73. The average Bonchev–Trinajstić information content (AvgIpc) is 2.75. The molecule has 0 aromatic heterocycles. The van der Waals surface area contributed by atoms with Crippen molar-refractivity contribution in [3.8, 4) is 5.75 Å². The summed E-state index contributed by atoms with van der Waals surface area (Å²) >= 11 is 3.65. The molecule has 1 N–H and O–H groups in total. The van der Waals surface area contributed by atoms with Gasteiger partial charge in [-0.3, -0.25) is 4.90 Å². The molecule has 20 heavy (non-hydrogen) atoms. The summed E-state index contributed by atoms with van der Waals surface area (Å²) in [7, 11) is 1.72. The molecule has 1 aromatic carbocycles. The van der Waals surface area contributed by atoms with Crippen molar-refractivity contribution in [2.75, 3.05) is 20.2 Å². The maximum Gasteiger partial charge on any atom is 0.119 e. The van der Waals surface area contributed by atoms with Crippen LogP contribution in [0.15, 0.2) is 22.7 Å². The number of halogens is 2. The van der Waals surface area contributed by atoms with E-state index in [9.17, 15) is 0 Å². The molecule has 0 saturated carbocycles. The Morgan fingerprint density at radius 3 is 2.90 bits per heavy atom. The van der Waals surface area contributed by atoms with Gasteiger partial charge in [-0.05, 0) is 43.0 Å². The number of nitrogens with zero attached hydrogens (tertiary/aromatic N) is 1. The predicted molar refractivity (Wildman–Crippen MR) is 87.8 cm³/mol. The smallest absolute Gasteiger partial charge is 0.119 e. The largest absolute Gasteiger partial charge is 0.497 e. The minimum atomic E-state index is 0. The second-order valence-corrected chi connectivity index (χ2v) is 6.47. The Morgan fingerprint density at radius 1 is 1.30 bits per heavy atom. The number of fused-ring (bicyclic) bond motifs is 2. The molecule has 2 saturated heterocycles. The minimum Gasteiger partial charge on any atom is -0.497 e. The van der Waals surface area contributed by atoms with Crippen LogP contribution in [0.3, 0.4) is 0 Å². The standard InChI is InChI=1S/C15H21BrN2O.ClH/c1-19-14-4-5-15(16)11(8-14)9-18-7-6-12-2-3-13(10-18)17-12;/h4-5,8,12-13,17H,2-3,6-7,9-10H2,1H3;1H. The molecule has 0 spiro atoms. The number of hydrogen-bond acceptors (Lipinski definition) is 3. The lowest BCUT2D eigenvalue weighted by molar-refractivity contribution is 0.250. The molecule has 5 heteroatoms. The van der Waals surface area contributed by atoms with Gasteiger partial charge in [0.05, 0.1) is 7.11 Å². The van der Waals surface area contributed by atoms with Gasteiger partial charge < -0.3 is 10.1 Å². The second-order valence-electron chi connectivity index (χ2n) is 5.62. The number of methoxy groups -OCH3 is 1. The highest BCUT2D eigenvalue weighted by Gasteiger charge is 2.29. The molecule has 0 radical (unpaired) electrons. The van der Waals surface area contributed by atoms with E-state index < -0.39 is 0 Å². The third-order valence-corrected chi connectivity index (χ3v) is 5.03. The fourth-order valence-corrected chi connectivity index (χ4v) is 3.57. The lowest BCUT2D eigenvalue weighted by Crippen LogP contribution is -2.35. The fourth-order valence-electron chi connectivity index (χ4n) is 3.20. The first kappa shape index (κ1) is 16.1. The van der Waals surface area contributed by atoms with E-state index in [0.717, 1.165) is 18.3 Å². The van der Waals surface area contributed by atoms with Gasteiger partial charge in [0.2, 0.25) is 0 Å². The Kier molecular flexibility index (Phi) is 5.73. The molecule has 2 aliphatic rings. The van der Waals surface area contributed by atoms with E-state index >= 15 is 0 Å². The van der Waals surface area contributed by atoms with Crippen LogP contribution in [0.2, 0.25) is 0 Å². The molecule has 2 unspecified atom stereocenters. The van der Waals surface area contributed by atoms with Crippen LogP contribution < -0.4 is 10.1 Å². The van der Waals surface area contributed by atoms with Crippen LogP contribution in [0.25, 0.3) is 0 Å². The lowest BCUT2D eigenvalue weighted by atomic mass is 10.1. The summed E-state index contributed by atoms with van der Waals surface area (Å²) in [6.07, 6.45) is 3.97. The first-order chi connectivity index (χ1) is 9.24. The van der Waals surface area contributed by atoms with Gasteiger partial charge in [0.15, 0.2) is 0 Å². The number of hydrogen-bond donors (Lipinski definition) is 1. The van der Waals surface area contributed by atoms with Crippen molar-refractivity contribution in [2.24, 2.45) is 0 Å². The van der Waals surface area contributed by atoms with Gasteiger partial charge in [-0.25, -0.2) is 0 Å². The normalized spacial score (nSPS) is 25.9. The maximum atomic E-state index is 5.32. The third kappa shape index (κ3) is 3.67. The van der Waals surface area contributed by atoms with Crippen molar-refractivity contribution in [2.45, 2.75) is 37.9 Å². The van der Waals surface area contributed by atoms with Gasteiger partial charge in [-0.2, -0.15) is 0 Å². The molecule has 2 heterocycles. The van der Waals surface area contributed by atoms with Gasteiger partial charge >= 0.3 is 0 Å². The molecule has 112 valence electrons. The van der Waals surface area contributed by atoms with E-state index in [2.05, 4.69) is 38.3 Å². The van der Waals surface area contributed by atoms with Crippen LogP contribution in [0.4, 0.5) is 0 Å². The van der Waals surface area contributed by atoms with Gasteiger partial charge in [0.1, 0.15) is 5.75 Å². The molecule has 2 aliphatic heterocycles. The molecule has 2 bridgehead atoms. The Balaban J connectivity index is 0.00000147. The molecular formula is C15H22BrClN2O. The monoisotopic (exact) mass is 360 g/mol. The first-order valence-electron chi connectivity index (χ1n) is 7.05.